The zero-order valence-corrected chi connectivity index (χ0v) is 12.6. The zero-order chi connectivity index (χ0) is 13.3. The number of carbonyl (C=O) groups excluding carboxylic acids is 1. The minimum Gasteiger partial charge on any atom is -0.289 e. The van der Waals surface area contributed by atoms with E-state index in [4.69, 9.17) is 23.2 Å². The minimum atomic E-state index is -0.0829. The largest absolute Gasteiger partial charge is 0.289 e. The highest BCUT2D eigenvalue weighted by Crippen LogP contribution is 2.26. The van der Waals surface area contributed by atoms with Gasteiger partial charge < -0.3 is 0 Å². The third-order valence-corrected chi connectivity index (χ3v) is 3.95. The maximum absolute atomic E-state index is 12.3. The topological polar surface area (TPSA) is 17.1 Å². The van der Waals surface area contributed by atoms with Crippen LogP contribution in [0.3, 0.4) is 0 Å². The second-order valence-corrected chi connectivity index (χ2v) is 5.61. The number of ketones is 1. The highest BCUT2D eigenvalue weighted by atomic mass is 79.9. The van der Waals surface area contributed by atoms with Crippen molar-refractivity contribution in [3.63, 3.8) is 0 Å². The van der Waals surface area contributed by atoms with Crippen molar-refractivity contribution in [2.45, 2.75) is 6.92 Å². The predicted octanol–water partition coefficient (Wildman–Crippen LogP) is 5.30. The molecule has 2 aromatic carbocycles. The molecule has 0 bridgehead atoms. The van der Waals surface area contributed by atoms with Crippen molar-refractivity contribution in [3.8, 4) is 0 Å². The van der Waals surface area contributed by atoms with E-state index in [1.165, 1.54) is 0 Å². The van der Waals surface area contributed by atoms with E-state index in [1.807, 2.05) is 19.1 Å². The Morgan fingerprint density at radius 1 is 1.06 bits per heavy atom. The maximum Gasteiger partial charge on any atom is 0.194 e. The van der Waals surface area contributed by atoms with Crippen LogP contribution in [0.5, 0.6) is 0 Å². The number of carbonyl (C=O) groups is 1. The lowest BCUT2D eigenvalue weighted by Crippen LogP contribution is -2.02. The van der Waals surface area contributed by atoms with Crippen LogP contribution in [0.15, 0.2) is 40.9 Å². The fraction of sp³-hybridized carbons (Fsp3) is 0.0714. The molecule has 92 valence electrons. The molecule has 0 aliphatic carbocycles. The molecule has 0 N–H and O–H groups in total. The van der Waals surface area contributed by atoms with Gasteiger partial charge in [-0.05, 0) is 42.8 Å². The lowest BCUT2D eigenvalue weighted by Gasteiger charge is -2.06. The van der Waals surface area contributed by atoms with Gasteiger partial charge in [0.1, 0.15) is 0 Å². The lowest BCUT2D eigenvalue weighted by atomic mass is 10.0. The molecular weight excluding hydrogens is 335 g/mol. The molecule has 2 rings (SSSR count). The van der Waals surface area contributed by atoms with Gasteiger partial charge in [0.15, 0.2) is 5.78 Å². The summed E-state index contributed by atoms with van der Waals surface area (Å²) in [5, 5.41) is 0.821. The highest BCUT2D eigenvalue weighted by molar-refractivity contribution is 9.10. The van der Waals surface area contributed by atoms with Gasteiger partial charge in [-0.15, -0.1) is 0 Å². The lowest BCUT2D eigenvalue weighted by molar-refractivity contribution is 0.103. The Bertz CT molecular complexity index is 623. The van der Waals surface area contributed by atoms with Crippen LogP contribution in [-0.2, 0) is 0 Å². The summed E-state index contributed by atoms with van der Waals surface area (Å²) in [7, 11) is 0. The molecule has 0 saturated heterocycles. The summed E-state index contributed by atoms with van der Waals surface area (Å²) in [5.41, 5.74) is 2.22. The predicted molar refractivity (Wildman–Crippen MR) is 78.8 cm³/mol. The summed E-state index contributed by atoms with van der Waals surface area (Å²) in [6, 6.07) is 10.5. The van der Waals surface area contributed by atoms with Crippen LogP contribution in [0.25, 0.3) is 0 Å². The average molecular weight is 344 g/mol. The number of aryl methyl sites for hydroxylation is 1. The van der Waals surface area contributed by atoms with Crippen molar-refractivity contribution < 1.29 is 4.79 Å². The number of benzene rings is 2. The molecule has 0 atom stereocenters. The van der Waals surface area contributed by atoms with Gasteiger partial charge in [-0.2, -0.15) is 0 Å². The van der Waals surface area contributed by atoms with Crippen molar-refractivity contribution in [1.29, 1.82) is 0 Å². The standard InChI is InChI=1S/C14H9BrCl2O/c1-8-2-4-10(11(15)6-8)14(18)9-3-5-12(16)13(17)7-9/h2-7H,1H3. The Labute approximate surface area is 124 Å². The molecule has 0 aromatic heterocycles. The second kappa shape index (κ2) is 5.43. The molecule has 0 aliphatic rings. The Balaban J connectivity index is 2.44. The molecule has 0 fully saturated rings. The third-order valence-electron chi connectivity index (χ3n) is 2.55. The van der Waals surface area contributed by atoms with Crippen molar-refractivity contribution in [2.24, 2.45) is 0 Å². The summed E-state index contributed by atoms with van der Waals surface area (Å²) in [6.07, 6.45) is 0. The van der Waals surface area contributed by atoms with E-state index in [2.05, 4.69) is 15.9 Å². The quantitative estimate of drug-likeness (QED) is 0.676. The molecule has 4 heteroatoms. The van der Waals surface area contributed by atoms with E-state index in [0.717, 1.165) is 10.0 Å². The molecule has 0 unspecified atom stereocenters. The fourth-order valence-electron chi connectivity index (χ4n) is 1.60. The van der Waals surface area contributed by atoms with E-state index in [-0.39, 0.29) is 5.78 Å². The molecule has 0 aliphatic heterocycles. The van der Waals surface area contributed by atoms with Crippen LogP contribution < -0.4 is 0 Å². The van der Waals surface area contributed by atoms with E-state index < -0.39 is 0 Å². The maximum atomic E-state index is 12.3. The van der Waals surface area contributed by atoms with Crippen molar-refractivity contribution in [3.05, 3.63) is 67.6 Å². The van der Waals surface area contributed by atoms with Crippen LogP contribution in [0.2, 0.25) is 10.0 Å². The molecule has 1 nitrogen and oxygen atoms in total. The first kappa shape index (κ1) is 13.6. The first-order chi connectivity index (χ1) is 8.49. The van der Waals surface area contributed by atoms with E-state index in [9.17, 15) is 4.79 Å². The first-order valence-corrected chi connectivity index (χ1v) is 6.80. The molecule has 0 heterocycles. The van der Waals surface area contributed by atoms with Crippen molar-refractivity contribution in [2.75, 3.05) is 0 Å². The highest BCUT2D eigenvalue weighted by Gasteiger charge is 2.13. The molecule has 0 amide bonds. The molecule has 0 radical (unpaired) electrons. The summed E-state index contributed by atoms with van der Waals surface area (Å²) in [4.78, 5) is 12.3. The van der Waals surface area contributed by atoms with Gasteiger partial charge in [0.05, 0.1) is 10.0 Å². The second-order valence-electron chi connectivity index (χ2n) is 3.94. The van der Waals surface area contributed by atoms with Crippen LogP contribution in [0.4, 0.5) is 0 Å². The summed E-state index contributed by atoms with van der Waals surface area (Å²) in [6.45, 7) is 1.97. The van der Waals surface area contributed by atoms with Crippen molar-refractivity contribution >= 4 is 44.9 Å². The Kier molecular flexibility index (Phi) is 4.10. The van der Waals surface area contributed by atoms with E-state index in [0.29, 0.717) is 21.2 Å². The number of rotatable bonds is 2. The summed E-state index contributed by atoms with van der Waals surface area (Å²) < 4.78 is 0.776. The van der Waals surface area contributed by atoms with Gasteiger partial charge in [0.25, 0.3) is 0 Å². The Morgan fingerprint density at radius 2 is 1.78 bits per heavy atom. The van der Waals surface area contributed by atoms with Gasteiger partial charge in [0, 0.05) is 15.6 Å². The normalized spacial score (nSPS) is 10.4. The smallest absolute Gasteiger partial charge is 0.194 e. The van der Waals surface area contributed by atoms with Crippen molar-refractivity contribution in [1.82, 2.24) is 0 Å². The van der Waals surface area contributed by atoms with E-state index >= 15 is 0 Å². The minimum absolute atomic E-state index is 0.0829. The molecule has 0 spiro atoms. The molecule has 0 saturated carbocycles. The first-order valence-electron chi connectivity index (χ1n) is 5.25. The van der Waals surface area contributed by atoms with Crippen LogP contribution in [0, 0.1) is 6.92 Å². The zero-order valence-electron chi connectivity index (χ0n) is 9.51. The monoisotopic (exact) mass is 342 g/mol. The van der Waals surface area contributed by atoms with Crippen LogP contribution in [-0.4, -0.2) is 5.78 Å². The fourth-order valence-corrected chi connectivity index (χ4v) is 2.57. The number of hydrogen-bond acceptors (Lipinski definition) is 1. The van der Waals surface area contributed by atoms with Crippen LogP contribution >= 0.6 is 39.1 Å². The summed E-state index contributed by atoms with van der Waals surface area (Å²) >= 11 is 15.1. The van der Waals surface area contributed by atoms with Crippen LogP contribution in [0.1, 0.15) is 21.5 Å². The number of halogens is 3. The summed E-state index contributed by atoms with van der Waals surface area (Å²) in [5.74, 6) is -0.0829. The van der Waals surface area contributed by atoms with E-state index in [1.54, 1.807) is 24.3 Å². The van der Waals surface area contributed by atoms with Gasteiger partial charge in [-0.25, -0.2) is 0 Å². The van der Waals surface area contributed by atoms with Gasteiger partial charge >= 0.3 is 0 Å². The molecule has 18 heavy (non-hydrogen) atoms. The SMILES string of the molecule is Cc1ccc(C(=O)c2ccc(Cl)c(Cl)c2)c(Br)c1. The third kappa shape index (κ3) is 2.77. The average Bonchev–Trinajstić information content (AvgIpc) is 2.32. The number of hydrogen-bond donors (Lipinski definition) is 0. The van der Waals surface area contributed by atoms with Gasteiger partial charge in [-0.1, -0.05) is 45.2 Å². The van der Waals surface area contributed by atoms with Gasteiger partial charge in [0.2, 0.25) is 0 Å². The Hall–Kier alpha value is -0.830. The molecular formula is C14H9BrCl2O. The van der Waals surface area contributed by atoms with Gasteiger partial charge in [-0.3, -0.25) is 4.79 Å². The Morgan fingerprint density at radius 3 is 2.39 bits per heavy atom. The molecule has 2 aromatic rings.